The van der Waals surface area contributed by atoms with E-state index in [1.165, 1.54) is 12.1 Å². The summed E-state index contributed by atoms with van der Waals surface area (Å²) in [6.45, 7) is 3.12. The van der Waals surface area contributed by atoms with Crippen molar-refractivity contribution in [1.82, 2.24) is 9.62 Å². The Morgan fingerprint density at radius 2 is 1.86 bits per heavy atom. The monoisotopic (exact) mass is 524 g/mol. The molecule has 0 atom stereocenters. The van der Waals surface area contributed by atoms with E-state index in [-0.39, 0.29) is 11.5 Å². The minimum absolute atomic E-state index is 0.202. The van der Waals surface area contributed by atoms with Crippen LogP contribution in [0.4, 0.5) is 4.39 Å². The molecule has 7 nitrogen and oxygen atoms in total. The second kappa shape index (κ2) is 10.7. The molecule has 10 heteroatoms. The number of methoxy groups -OCH3 is 1. The summed E-state index contributed by atoms with van der Waals surface area (Å²) in [5, 5.41) is 0.604. The van der Waals surface area contributed by atoms with Gasteiger partial charge in [-0.05, 0) is 79.9 Å². The SMILES string of the molecule is COc1ccc(CN2CCC(COc3cc(F)c(C(=O)NS(C)(=O)=O)cc3C3CC3)CC2)cc1Cl. The Bertz CT molecular complexity index is 1190. The maximum atomic E-state index is 14.7. The van der Waals surface area contributed by atoms with Gasteiger partial charge in [0.15, 0.2) is 0 Å². The van der Waals surface area contributed by atoms with Crippen LogP contribution in [0.15, 0.2) is 30.3 Å². The average Bonchev–Trinajstić information content (AvgIpc) is 3.63. The Kier molecular flexibility index (Phi) is 7.88. The molecule has 4 rings (SSSR count). The number of amides is 1. The van der Waals surface area contributed by atoms with Crippen LogP contribution in [0, 0.1) is 11.7 Å². The van der Waals surface area contributed by atoms with Gasteiger partial charge < -0.3 is 9.47 Å². The van der Waals surface area contributed by atoms with Crippen LogP contribution in [0.5, 0.6) is 11.5 Å². The Hall–Kier alpha value is -2.36. The zero-order valence-corrected chi connectivity index (χ0v) is 21.4. The standard InChI is InChI=1S/C25H30ClFN2O5S/c1-33-23-6-3-17(11-21(23)26)14-29-9-7-16(8-10-29)15-34-24-13-22(27)20(12-19(24)18-4-5-18)25(30)28-35(2,31)32/h3,6,11-13,16,18H,4-5,7-10,14-15H2,1-2H3,(H,28,30). The van der Waals surface area contributed by atoms with Crippen LogP contribution < -0.4 is 14.2 Å². The average molecular weight is 525 g/mol. The molecule has 1 amide bonds. The molecule has 2 aliphatic rings. The van der Waals surface area contributed by atoms with Crippen molar-refractivity contribution in [2.45, 2.75) is 38.1 Å². The molecular weight excluding hydrogens is 495 g/mol. The third-order valence-corrected chi connectivity index (χ3v) is 7.30. The van der Waals surface area contributed by atoms with Gasteiger partial charge in [-0.2, -0.15) is 0 Å². The van der Waals surface area contributed by atoms with Crippen molar-refractivity contribution >= 4 is 27.5 Å². The summed E-state index contributed by atoms with van der Waals surface area (Å²) in [5.74, 6) is -0.112. The number of nitrogens with one attached hydrogen (secondary N) is 1. The molecule has 2 aromatic rings. The van der Waals surface area contributed by atoms with Crippen molar-refractivity contribution < 1.29 is 27.1 Å². The molecule has 1 N–H and O–H groups in total. The summed E-state index contributed by atoms with van der Waals surface area (Å²) in [7, 11) is -2.19. The van der Waals surface area contributed by atoms with E-state index in [2.05, 4.69) is 4.90 Å². The fraction of sp³-hybridized carbons (Fsp3) is 0.480. The fourth-order valence-electron chi connectivity index (χ4n) is 4.39. The summed E-state index contributed by atoms with van der Waals surface area (Å²) in [5.41, 5.74) is 1.62. The third kappa shape index (κ3) is 6.86. The van der Waals surface area contributed by atoms with E-state index in [1.54, 1.807) is 7.11 Å². The van der Waals surface area contributed by atoms with Crippen LogP contribution in [0.25, 0.3) is 0 Å². The van der Waals surface area contributed by atoms with Crippen molar-refractivity contribution in [2.24, 2.45) is 5.92 Å². The number of likely N-dealkylation sites (tertiary alicyclic amines) is 1. The van der Waals surface area contributed by atoms with Crippen molar-refractivity contribution in [2.75, 3.05) is 33.1 Å². The van der Waals surface area contributed by atoms with Crippen molar-refractivity contribution in [3.8, 4) is 11.5 Å². The number of halogens is 2. The molecule has 2 fully saturated rings. The predicted molar refractivity (Wildman–Crippen MR) is 132 cm³/mol. The highest BCUT2D eigenvalue weighted by Crippen LogP contribution is 2.45. The molecule has 0 spiro atoms. The van der Waals surface area contributed by atoms with E-state index in [0.717, 1.165) is 62.7 Å². The van der Waals surface area contributed by atoms with E-state index < -0.39 is 21.7 Å². The minimum atomic E-state index is -3.78. The van der Waals surface area contributed by atoms with E-state index >= 15 is 0 Å². The van der Waals surface area contributed by atoms with Crippen molar-refractivity contribution in [3.05, 3.63) is 57.9 Å². The number of carbonyl (C=O) groups is 1. The molecule has 1 heterocycles. The quantitative estimate of drug-likeness (QED) is 0.525. The molecule has 1 aliphatic heterocycles. The number of nitrogens with zero attached hydrogens (tertiary/aromatic N) is 1. The molecule has 0 unspecified atom stereocenters. The van der Waals surface area contributed by atoms with Gasteiger partial charge in [-0.1, -0.05) is 17.7 Å². The lowest BCUT2D eigenvalue weighted by Crippen LogP contribution is -2.35. The van der Waals surface area contributed by atoms with Gasteiger partial charge in [0.1, 0.15) is 17.3 Å². The number of benzene rings is 2. The molecule has 1 saturated heterocycles. The Morgan fingerprint density at radius 1 is 1.14 bits per heavy atom. The van der Waals surface area contributed by atoms with Gasteiger partial charge in [-0.25, -0.2) is 17.5 Å². The Labute approximate surface area is 210 Å². The highest BCUT2D eigenvalue weighted by atomic mass is 35.5. The zero-order valence-electron chi connectivity index (χ0n) is 19.9. The maximum Gasteiger partial charge on any atom is 0.267 e. The lowest BCUT2D eigenvalue weighted by molar-refractivity contribution is 0.0977. The van der Waals surface area contributed by atoms with Gasteiger partial charge in [-0.3, -0.25) is 9.69 Å². The lowest BCUT2D eigenvalue weighted by atomic mass is 9.97. The van der Waals surface area contributed by atoms with Crippen LogP contribution >= 0.6 is 11.6 Å². The highest BCUT2D eigenvalue weighted by molar-refractivity contribution is 7.89. The first-order valence-electron chi connectivity index (χ1n) is 11.7. The van der Waals surface area contributed by atoms with Gasteiger partial charge >= 0.3 is 0 Å². The number of hydrogen-bond acceptors (Lipinski definition) is 6. The van der Waals surface area contributed by atoms with E-state index in [1.807, 2.05) is 22.9 Å². The Morgan fingerprint density at radius 3 is 2.46 bits per heavy atom. The molecular formula is C25H30ClFN2O5S. The Balaban J connectivity index is 1.34. The van der Waals surface area contributed by atoms with Crippen LogP contribution in [0.3, 0.4) is 0 Å². The summed E-state index contributed by atoms with van der Waals surface area (Å²) >= 11 is 6.24. The van der Waals surface area contributed by atoms with Gasteiger partial charge in [0.05, 0.1) is 30.6 Å². The van der Waals surface area contributed by atoms with Crippen LogP contribution in [0.2, 0.25) is 5.02 Å². The molecule has 35 heavy (non-hydrogen) atoms. The number of rotatable bonds is 9. The largest absolute Gasteiger partial charge is 0.495 e. The topological polar surface area (TPSA) is 84.9 Å². The summed E-state index contributed by atoms with van der Waals surface area (Å²) < 4.78 is 50.5. The van der Waals surface area contributed by atoms with Crippen LogP contribution in [-0.4, -0.2) is 52.3 Å². The van der Waals surface area contributed by atoms with Gasteiger partial charge in [0.2, 0.25) is 10.0 Å². The maximum absolute atomic E-state index is 14.7. The zero-order chi connectivity index (χ0) is 25.2. The first-order valence-corrected chi connectivity index (χ1v) is 13.9. The van der Waals surface area contributed by atoms with Crippen LogP contribution in [0.1, 0.15) is 53.1 Å². The first-order chi connectivity index (χ1) is 16.6. The normalized spacial score (nSPS) is 17.3. The van der Waals surface area contributed by atoms with Crippen molar-refractivity contribution in [1.29, 1.82) is 0 Å². The summed E-state index contributed by atoms with van der Waals surface area (Å²) in [4.78, 5) is 14.6. The number of piperidine rings is 1. The fourth-order valence-corrected chi connectivity index (χ4v) is 5.12. The third-order valence-electron chi connectivity index (χ3n) is 6.44. The predicted octanol–water partition coefficient (Wildman–Crippen LogP) is 4.35. The lowest BCUT2D eigenvalue weighted by Gasteiger charge is -2.32. The molecule has 2 aromatic carbocycles. The van der Waals surface area contributed by atoms with Crippen LogP contribution in [-0.2, 0) is 16.6 Å². The smallest absolute Gasteiger partial charge is 0.267 e. The summed E-state index contributed by atoms with van der Waals surface area (Å²) in [6.07, 6.45) is 4.64. The van der Waals surface area contributed by atoms with E-state index in [0.29, 0.717) is 29.0 Å². The number of hydrogen-bond donors (Lipinski definition) is 1. The van der Waals surface area contributed by atoms with E-state index in [9.17, 15) is 17.6 Å². The first kappa shape index (κ1) is 25.7. The number of carbonyl (C=O) groups excluding carboxylic acids is 1. The molecule has 0 aromatic heterocycles. The van der Waals surface area contributed by atoms with E-state index in [4.69, 9.17) is 21.1 Å². The number of sulfonamides is 1. The molecule has 0 bridgehead atoms. The van der Waals surface area contributed by atoms with Gasteiger partial charge in [0, 0.05) is 12.6 Å². The molecule has 190 valence electrons. The van der Waals surface area contributed by atoms with Gasteiger partial charge in [0.25, 0.3) is 5.91 Å². The molecule has 0 radical (unpaired) electrons. The highest BCUT2D eigenvalue weighted by Gasteiger charge is 2.30. The molecule has 1 saturated carbocycles. The van der Waals surface area contributed by atoms with Gasteiger partial charge in [-0.15, -0.1) is 0 Å². The minimum Gasteiger partial charge on any atom is -0.495 e. The second-order valence-electron chi connectivity index (χ2n) is 9.35. The summed E-state index contributed by atoms with van der Waals surface area (Å²) in [6, 6.07) is 8.49. The van der Waals surface area contributed by atoms with Crippen molar-refractivity contribution in [3.63, 3.8) is 0 Å². The number of ether oxygens (including phenoxy) is 2. The molecule has 1 aliphatic carbocycles. The second-order valence-corrected chi connectivity index (χ2v) is 11.5.